The molecule has 1 aromatic carbocycles. The highest BCUT2D eigenvalue weighted by Crippen LogP contribution is 2.09. The molecule has 2 rings (SSSR count). The highest BCUT2D eigenvalue weighted by molar-refractivity contribution is 6.07. The van der Waals surface area contributed by atoms with Gasteiger partial charge in [0.15, 0.2) is 0 Å². The maximum Gasteiger partial charge on any atom is 0.211 e. The van der Waals surface area contributed by atoms with E-state index in [-0.39, 0.29) is 12.4 Å². The number of hydrogen-bond acceptors (Lipinski definition) is 3. The van der Waals surface area contributed by atoms with Crippen molar-refractivity contribution < 1.29 is 9.90 Å². The van der Waals surface area contributed by atoms with Gasteiger partial charge in [0.2, 0.25) is 5.78 Å². The average Bonchev–Trinajstić information content (AvgIpc) is 2.39. The van der Waals surface area contributed by atoms with Crippen LogP contribution in [0.3, 0.4) is 0 Å². The van der Waals surface area contributed by atoms with E-state index in [4.69, 9.17) is 5.11 Å². The van der Waals surface area contributed by atoms with Crippen molar-refractivity contribution in [3.63, 3.8) is 0 Å². The molecule has 0 fully saturated rings. The molecule has 3 heteroatoms. The molecular weight excluding hydrogens is 202 g/mol. The molecule has 0 saturated heterocycles. The summed E-state index contributed by atoms with van der Waals surface area (Å²) < 4.78 is 0. The quantitative estimate of drug-likeness (QED) is 0.791. The first-order valence-corrected chi connectivity index (χ1v) is 4.97. The number of aromatic nitrogens is 1. The fourth-order valence-electron chi connectivity index (χ4n) is 1.41. The third-order valence-corrected chi connectivity index (χ3v) is 2.30. The number of pyridine rings is 1. The fourth-order valence-corrected chi connectivity index (χ4v) is 1.41. The second-order valence-corrected chi connectivity index (χ2v) is 3.40. The van der Waals surface area contributed by atoms with E-state index in [2.05, 4.69) is 4.98 Å². The van der Waals surface area contributed by atoms with E-state index in [1.54, 1.807) is 48.7 Å². The molecule has 0 aliphatic heterocycles. The van der Waals surface area contributed by atoms with Crippen molar-refractivity contribution in [1.29, 1.82) is 0 Å². The number of rotatable bonds is 3. The standard InChI is InChI=1S/C13H11NO2/c15-9-10-4-6-11(7-5-10)13(16)12-3-1-2-8-14-12/h1-8,15H,9H2. The Morgan fingerprint density at radius 3 is 2.44 bits per heavy atom. The van der Waals surface area contributed by atoms with Crippen molar-refractivity contribution in [3.05, 3.63) is 65.5 Å². The van der Waals surface area contributed by atoms with Crippen molar-refractivity contribution >= 4 is 5.78 Å². The van der Waals surface area contributed by atoms with Gasteiger partial charge in [0.1, 0.15) is 5.69 Å². The average molecular weight is 213 g/mol. The van der Waals surface area contributed by atoms with Crippen molar-refractivity contribution in [1.82, 2.24) is 4.98 Å². The second kappa shape index (κ2) is 4.68. The largest absolute Gasteiger partial charge is 0.392 e. The smallest absolute Gasteiger partial charge is 0.211 e. The first-order chi connectivity index (χ1) is 7.81. The highest BCUT2D eigenvalue weighted by atomic mass is 16.3. The van der Waals surface area contributed by atoms with Crippen LogP contribution >= 0.6 is 0 Å². The van der Waals surface area contributed by atoms with E-state index in [1.165, 1.54) is 0 Å². The van der Waals surface area contributed by atoms with E-state index in [0.29, 0.717) is 11.3 Å². The van der Waals surface area contributed by atoms with Gasteiger partial charge in [-0.15, -0.1) is 0 Å². The summed E-state index contributed by atoms with van der Waals surface area (Å²) in [6, 6.07) is 12.1. The third-order valence-electron chi connectivity index (χ3n) is 2.30. The fraction of sp³-hybridized carbons (Fsp3) is 0.0769. The summed E-state index contributed by atoms with van der Waals surface area (Å²) in [6.45, 7) is -0.0158. The van der Waals surface area contributed by atoms with E-state index in [1.807, 2.05) is 0 Å². The number of aliphatic hydroxyl groups excluding tert-OH is 1. The monoisotopic (exact) mass is 213 g/mol. The number of carbonyl (C=O) groups excluding carboxylic acids is 1. The van der Waals surface area contributed by atoms with Crippen molar-refractivity contribution in [3.8, 4) is 0 Å². The molecule has 0 bridgehead atoms. The van der Waals surface area contributed by atoms with E-state index < -0.39 is 0 Å². The Bertz CT molecular complexity index is 477. The molecule has 2 aromatic rings. The van der Waals surface area contributed by atoms with Gasteiger partial charge in [-0.1, -0.05) is 30.3 Å². The van der Waals surface area contributed by atoms with Crippen LogP contribution in [0.1, 0.15) is 21.6 Å². The summed E-state index contributed by atoms with van der Waals surface area (Å²) in [6.07, 6.45) is 1.59. The SMILES string of the molecule is O=C(c1ccc(CO)cc1)c1ccccn1. The van der Waals surface area contributed by atoms with Crippen LogP contribution in [-0.2, 0) is 6.61 Å². The molecular formula is C13H11NO2. The topological polar surface area (TPSA) is 50.2 Å². The molecule has 1 N–H and O–H groups in total. The molecule has 1 aromatic heterocycles. The van der Waals surface area contributed by atoms with Crippen molar-refractivity contribution in [2.45, 2.75) is 6.61 Å². The molecule has 0 amide bonds. The van der Waals surface area contributed by atoms with Gasteiger partial charge in [-0.3, -0.25) is 9.78 Å². The predicted molar refractivity (Wildman–Crippen MR) is 60.0 cm³/mol. The van der Waals surface area contributed by atoms with Crippen LogP contribution in [0.5, 0.6) is 0 Å². The zero-order valence-corrected chi connectivity index (χ0v) is 8.63. The summed E-state index contributed by atoms with van der Waals surface area (Å²) in [4.78, 5) is 15.9. The lowest BCUT2D eigenvalue weighted by atomic mass is 10.1. The maximum absolute atomic E-state index is 11.9. The van der Waals surface area contributed by atoms with Gasteiger partial charge in [-0.2, -0.15) is 0 Å². The molecule has 0 aliphatic rings. The highest BCUT2D eigenvalue weighted by Gasteiger charge is 2.08. The van der Waals surface area contributed by atoms with Gasteiger partial charge < -0.3 is 5.11 Å². The Hall–Kier alpha value is -2.00. The van der Waals surface area contributed by atoms with Crippen LogP contribution in [0.15, 0.2) is 48.7 Å². The Morgan fingerprint density at radius 2 is 1.88 bits per heavy atom. The lowest BCUT2D eigenvalue weighted by Crippen LogP contribution is -2.03. The Kier molecular flexibility index (Phi) is 3.08. The number of ketones is 1. The molecule has 0 saturated carbocycles. The minimum Gasteiger partial charge on any atom is -0.392 e. The van der Waals surface area contributed by atoms with Crippen LogP contribution in [0, 0.1) is 0 Å². The minimum atomic E-state index is -0.106. The molecule has 0 unspecified atom stereocenters. The van der Waals surface area contributed by atoms with Crippen molar-refractivity contribution in [2.24, 2.45) is 0 Å². The Morgan fingerprint density at radius 1 is 1.12 bits per heavy atom. The van der Waals surface area contributed by atoms with E-state index in [9.17, 15) is 4.79 Å². The van der Waals surface area contributed by atoms with E-state index in [0.717, 1.165) is 5.56 Å². The Balaban J connectivity index is 2.28. The molecule has 0 spiro atoms. The third kappa shape index (κ3) is 2.15. The lowest BCUT2D eigenvalue weighted by molar-refractivity contribution is 0.103. The second-order valence-electron chi connectivity index (χ2n) is 3.40. The first-order valence-electron chi connectivity index (χ1n) is 4.97. The number of nitrogens with zero attached hydrogens (tertiary/aromatic N) is 1. The number of aliphatic hydroxyl groups is 1. The molecule has 3 nitrogen and oxygen atoms in total. The van der Waals surface area contributed by atoms with Crippen LogP contribution in [0.25, 0.3) is 0 Å². The van der Waals surface area contributed by atoms with E-state index >= 15 is 0 Å². The molecule has 16 heavy (non-hydrogen) atoms. The number of benzene rings is 1. The summed E-state index contributed by atoms with van der Waals surface area (Å²) >= 11 is 0. The minimum absolute atomic E-state index is 0.0158. The zero-order chi connectivity index (χ0) is 11.4. The Labute approximate surface area is 93.4 Å². The van der Waals surface area contributed by atoms with Crippen LogP contribution in [0.2, 0.25) is 0 Å². The van der Waals surface area contributed by atoms with Gasteiger partial charge in [-0.25, -0.2) is 0 Å². The molecule has 0 aliphatic carbocycles. The summed E-state index contributed by atoms with van der Waals surface area (Å²) in [5, 5.41) is 8.89. The zero-order valence-electron chi connectivity index (χ0n) is 8.63. The summed E-state index contributed by atoms with van der Waals surface area (Å²) in [5.41, 5.74) is 1.80. The van der Waals surface area contributed by atoms with Crippen LogP contribution in [0.4, 0.5) is 0 Å². The lowest BCUT2D eigenvalue weighted by Gasteiger charge is -2.01. The van der Waals surface area contributed by atoms with Gasteiger partial charge in [0.25, 0.3) is 0 Å². The maximum atomic E-state index is 11.9. The van der Waals surface area contributed by atoms with Crippen molar-refractivity contribution in [2.75, 3.05) is 0 Å². The van der Waals surface area contributed by atoms with Crippen LogP contribution in [-0.4, -0.2) is 15.9 Å². The summed E-state index contributed by atoms with van der Waals surface area (Å²) in [7, 11) is 0. The van der Waals surface area contributed by atoms with Gasteiger partial charge in [0.05, 0.1) is 6.61 Å². The molecule has 0 atom stereocenters. The van der Waals surface area contributed by atoms with Gasteiger partial charge >= 0.3 is 0 Å². The number of carbonyl (C=O) groups is 1. The summed E-state index contributed by atoms with van der Waals surface area (Å²) in [5.74, 6) is -0.106. The predicted octanol–water partition coefficient (Wildman–Crippen LogP) is 1.80. The normalized spacial score (nSPS) is 10.1. The molecule has 80 valence electrons. The van der Waals surface area contributed by atoms with Gasteiger partial charge in [0, 0.05) is 11.8 Å². The van der Waals surface area contributed by atoms with Gasteiger partial charge in [-0.05, 0) is 17.7 Å². The number of hydrogen-bond donors (Lipinski definition) is 1. The molecule has 1 heterocycles. The van der Waals surface area contributed by atoms with Crippen LogP contribution < -0.4 is 0 Å². The first kappa shape index (κ1) is 10.5. The molecule has 0 radical (unpaired) electrons.